The first-order valence-electron chi connectivity index (χ1n) is 10.1. The van der Waals surface area contributed by atoms with Gasteiger partial charge in [-0.05, 0) is 50.2 Å². The minimum Gasteiger partial charge on any atom is -0.497 e. The van der Waals surface area contributed by atoms with Crippen molar-refractivity contribution in [2.75, 3.05) is 13.7 Å². The van der Waals surface area contributed by atoms with E-state index in [9.17, 15) is 18.8 Å². The summed E-state index contributed by atoms with van der Waals surface area (Å²) in [6, 6.07) is 11.8. The van der Waals surface area contributed by atoms with Crippen molar-refractivity contribution in [3.63, 3.8) is 0 Å². The van der Waals surface area contributed by atoms with Crippen LogP contribution >= 0.6 is 0 Å². The number of halogens is 1. The van der Waals surface area contributed by atoms with Crippen molar-refractivity contribution in [1.82, 2.24) is 20.4 Å². The molecular weight excluding hydrogens is 431 g/mol. The van der Waals surface area contributed by atoms with Crippen LogP contribution in [-0.4, -0.2) is 47.4 Å². The molecule has 2 N–H and O–H groups in total. The number of carbonyl (C=O) groups excluding carboxylic acids is 3. The molecule has 3 rings (SSSR count). The van der Waals surface area contributed by atoms with Gasteiger partial charge in [-0.3, -0.25) is 10.1 Å². The van der Waals surface area contributed by atoms with Crippen LogP contribution in [0.2, 0.25) is 0 Å². The number of esters is 1. The summed E-state index contributed by atoms with van der Waals surface area (Å²) in [6.45, 7) is 3.38. The second kappa shape index (κ2) is 10.4. The molecule has 172 valence electrons. The molecule has 0 radical (unpaired) electrons. The number of ether oxygens (including phenoxy) is 2. The maximum atomic E-state index is 13.3. The molecule has 1 aromatic heterocycles. The number of aromatic nitrogens is 2. The Balaban J connectivity index is 1.93. The zero-order chi connectivity index (χ0) is 24.0. The molecule has 2 aromatic carbocycles. The fourth-order valence-electron chi connectivity index (χ4n) is 2.93. The fourth-order valence-corrected chi connectivity index (χ4v) is 2.93. The zero-order valence-corrected chi connectivity index (χ0v) is 18.3. The molecule has 9 nitrogen and oxygen atoms in total. The molecular formula is C23H23FN4O5. The molecule has 0 aliphatic carbocycles. The summed E-state index contributed by atoms with van der Waals surface area (Å²) in [5, 5.41) is 8.99. The van der Waals surface area contributed by atoms with E-state index < -0.39 is 29.8 Å². The maximum Gasteiger partial charge on any atom is 0.342 e. The van der Waals surface area contributed by atoms with Crippen molar-refractivity contribution in [3.05, 3.63) is 66.1 Å². The first-order chi connectivity index (χ1) is 15.8. The molecule has 0 spiro atoms. The Kier molecular flexibility index (Phi) is 7.39. The van der Waals surface area contributed by atoms with Crippen LogP contribution in [0.25, 0.3) is 16.9 Å². The van der Waals surface area contributed by atoms with E-state index in [0.717, 1.165) is 0 Å². The number of amides is 3. The van der Waals surface area contributed by atoms with Crippen LogP contribution in [0.4, 0.5) is 9.18 Å². The zero-order valence-electron chi connectivity index (χ0n) is 18.3. The van der Waals surface area contributed by atoms with Crippen LogP contribution in [0.15, 0.2) is 54.7 Å². The molecule has 33 heavy (non-hydrogen) atoms. The average Bonchev–Trinajstić information content (AvgIpc) is 3.25. The SMILES string of the molecule is CCNC(=O)NC(=O)C(C)OC(=O)c1cn(-c2ccc(F)cc2)nc1-c1cccc(OC)c1. The summed E-state index contributed by atoms with van der Waals surface area (Å²) < 4.78 is 25.3. The highest BCUT2D eigenvalue weighted by Crippen LogP contribution is 2.27. The molecule has 10 heteroatoms. The van der Waals surface area contributed by atoms with E-state index in [0.29, 0.717) is 23.5 Å². The van der Waals surface area contributed by atoms with Crippen molar-refractivity contribution < 1.29 is 28.2 Å². The number of hydrogen-bond donors (Lipinski definition) is 2. The second-order valence-corrected chi connectivity index (χ2v) is 6.94. The molecule has 0 fully saturated rings. The van der Waals surface area contributed by atoms with E-state index in [4.69, 9.17) is 9.47 Å². The van der Waals surface area contributed by atoms with Gasteiger partial charge in [0.2, 0.25) is 0 Å². The van der Waals surface area contributed by atoms with Crippen LogP contribution in [0.3, 0.4) is 0 Å². The van der Waals surface area contributed by atoms with Gasteiger partial charge in [-0.1, -0.05) is 12.1 Å². The molecule has 3 aromatic rings. The molecule has 3 amide bonds. The minimum atomic E-state index is -1.24. The predicted octanol–water partition coefficient (Wildman–Crippen LogP) is 3.08. The lowest BCUT2D eigenvalue weighted by atomic mass is 10.1. The van der Waals surface area contributed by atoms with Gasteiger partial charge >= 0.3 is 12.0 Å². The van der Waals surface area contributed by atoms with Crippen molar-refractivity contribution in [2.24, 2.45) is 0 Å². The highest BCUT2D eigenvalue weighted by molar-refractivity contribution is 6.00. The van der Waals surface area contributed by atoms with Gasteiger partial charge in [-0.25, -0.2) is 18.7 Å². The molecule has 0 aliphatic rings. The maximum absolute atomic E-state index is 13.3. The number of benzene rings is 2. The Hall–Kier alpha value is -4.21. The summed E-state index contributed by atoms with van der Waals surface area (Å²) >= 11 is 0. The van der Waals surface area contributed by atoms with Crippen LogP contribution in [0.1, 0.15) is 24.2 Å². The van der Waals surface area contributed by atoms with Crippen molar-refractivity contribution >= 4 is 17.9 Å². The van der Waals surface area contributed by atoms with Gasteiger partial charge in [0.25, 0.3) is 5.91 Å². The summed E-state index contributed by atoms with van der Waals surface area (Å²) in [4.78, 5) is 36.7. The minimum absolute atomic E-state index is 0.0743. The molecule has 1 atom stereocenters. The van der Waals surface area contributed by atoms with Crippen LogP contribution in [0.5, 0.6) is 5.75 Å². The smallest absolute Gasteiger partial charge is 0.342 e. The Bertz CT molecular complexity index is 1160. The highest BCUT2D eigenvalue weighted by atomic mass is 19.1. The Morgan fingerprint density at radius 3 is 2.55 bits per heavy atom. The van der Waals surface area contributed by atoms with Gasteiger partial charge in [-0.2, -0.15) is 5.10 Å². The fraction of sp³-hybridized carbons (Fsp3) is 0.217. The standard InChI is InChI=1S/C23H23FN4O5/c1-4-25-23(31)26-21(29)14(2)33-22(30)19-13-28(17-10-8-16(24)9-11-17)27-20(19)15-6-5-7-18(12-15)32-3/h5-14H,4H2,1-3H3,(H2,25,26,29,31). The number of nitrogens with zero attached hydrogens (tertiary/aromatic N) is 2. The molecule has 0 saturated heterocycles. The van der Waals surface area contributed by atoms with Crippen LogP contribution in [0, 0.1) is 5.82 Å². The number of carbonyl (C=O) groups is 3. The average molecular weight is 454 g/mol. The summed E-state index contributed by atoms with van der Waals surface area (Å²) in [5.41, 5.74) is 1.44. The van der Waals surface area contributed by atoms with E-state index >= 15 is 0 Å². The lowest BCUT2D eigenvalue weighted by Gasteiger charge is -2.13. The number of methoxy groups -OCH3 is 1. The lowest BCUT2D eigenvalue weighted by molar-refractivity contribution is -0.127. The van der Waals surface area contributed by atoms with Gasteiger partial charge in [0, 0.05) is 18.3 Å². The van der Waals surface area contributed by atoms with E-state index in [1.165, 1.54) is 49.2 Å². The Labute approximate surface area is 189 Å². The third kappa shape index (κ3) is 5.73. The van der Waals surface area contributed by atoms with Crippen LogP contribution < -0.4 is 15.4 Å². The van der Waals surface area contributed by atoms with Gasteiger partial charge in [-0.15, -0.1) is 0 Å². The predicted molar refractivity (Wildman–Crippen MR) is 118 cm³/mol. The topological polar surface area (TPSA) is 112 Å². The van der Waals surface area contributed by atoms with Gasteiger partial charge in [0.1, 0.15) is 22.8 Å². The number of nitrogens with one attached hydrogen (secondary N) is 2. The van der Waals surface area contributed by atoms with E-state index in [1.54, 1.807) is 31.2 Å². The molecule has 0 aliphatic heterocycles. The molecule has 1 heterocycles. The van der Waals surface area contributed by atoms with Gasteiger partial charge in [0.05, 0.1) is 12.8 Å². The monoisotopic (exact) mass is 454 g/mol. The Morgan fingerprint density at radius 1 is 1.15 bits per heavy atom. The molecule has 1 unspecified atom stereocenters. The number of rotatable bonds is 7. The van der Waals surface area contributed by atoms with Gasteiger partial charge < -0.3 is 14.8 Å². The first-order valence-corrected chi connectivity index (χ1v) is 10.1. The Morgan fingerprint density at radius 2 is 1.88 bits per heavy atom. The number of urea groups is 1. The van der Waals surface area contributed by atoms with E-state index in [-0.39, 0.29) is 11.3 Å². The molecule has 0 bridgehead atoms. The summed E-state index contributed by atoms with van der Waals surface area (Å²) in [6.07, 6.45) is 0.186. The number of hydrogen-bond acceptors (Lipinski definition) is 6. The lowest BCUT2D eigenvalue weighted by Crippen LogP contribution is -2.44. The first kappa shape index (κ1) is 23.5. The third-order valence-electron chi connectivity index (χ3n) is 4.60. The van der Waals surface area contributed by atoms with E-state index in [1.807, 2.05) is 0 Å². The van der Waals surface area contributed by atoms with Gasteiger partial charge in [0.15, 0.2) is 6.10 Å². The van der Waals surface area contributed by atoms with E-state index in [2.05, 4.69) is 15.7 Å². The summed E-state index contributed by atoms with van der Waals surface area (Å²) in [5.74, 6) is -1.45. The highest BCUT2D eigenvalue weighted by Gasteiger charge is 2.25. The summed E-state index contributed by atoms with van der Waals surface area (Å²) in [7, 11) is 1.51. The number of imide groups is 1. The van der Waals surface area contributed by atoms with Crippen molar-refractivity contribution in [1.29, 1.82) is 0 Å². The van der Waals surface area contributed by atoms with Crippen molar-refractivity contribution in [3.8, 4) is 22.7 Å². The second-order valence-electron chi connectivity index (χ2n) is 6.94. The molecule has 0 saturated carbocycles. The third-order valence-corrected chi connectivity index (χ3v) is 4.60. The van der Waals surface area contributed by atoms with Crippen LogP contribution in [-0.2, 0) is 9.53 Å². The normalized spacial score (nSPS) is 11.4. The largest absolute Gasteiger partial charge is 0.497 e. The van der Waals surface area contributed by atoms with Crippen molar-refractivity contribution in [2.45, 2.75) is 20.0 Å². The quantitative estimate of drug-likeness (QED) is 0.531.